The second kappa shape index (κ2) is 8.44. The summed E-state index contributed by atoms with van der Waals surface area (Å²) in [5.41, 5.74) is 0. The normalized spacial score (nSPS) is 11.0. The van der Waals surface area contributed by atoms with Gasteiger partial charge in [-0.15, -0.1) is 0 Å². The molecule has 0 radical (unpaired) electrons. The van der Waals surface area contributed by atoms with Gasteiger partial charge >= 0.3 is 5.97 Å². The van der Waals surface area contributed by atoms with Gasteiger partial charge < -0.3 is 9.47 Å². The van der Waals surface area contributed by atoms with Crippen molar-refractivity contribution in [2.75, 3.05) is 11.9 Å². The molecule has 0 aromatic rings. The third-order valence-electron chi connectivity index (χ3n) is 1.25. The van der Waals surface area contributed by atoms with Gasteiger partial charge in [-0.1, -0.05) is 35.4 Å². The molecular weight excluding hydrogens is 220 g/mol. The quantitative estimate of drug-likeness (QED) is 0.295. The summed E-state index contributed by atoms with van der Waals surface area (Å²) in [4.78, 5) is 11.0. The lowest BCUT2D eigenvalue weighted by Crippen LogP contribution is -2.10. The van der Waals surface area contributed by atoms with Crippen LogP contribution in [0.25, 0.3) is 0 Å². The van der Waals surface area contributed by atoms with E-state index in [-0.39, 0.29) is 18.0 Å². The number of hydrogen-bond acceptors (Lipinski definition) is 5. The molecule has 5 heteroatoms. The van der Waals surface area contributed by atoms with E-state index in [0.717, 1.165) is 0 Å². The van der Waals surface area contributed by atoms with E-state index in [1.54, 1.807) is 10.8 Å². The van der Waals surface area contributed by atoms with Crippen LogP contribution in [0.15, 0.2) is 0 Å². The molecule has 0 atom stereocenters. The van der Waals surface area contributed by atoms with Crippen molar-refractivity contribution in [3.63, 3.8) is 0 Å². The smallest absolute Gasteiger partial charge is 0.309 e. The topological polar surface area (TPSA) is 35.5 Å². The summed E-state index contributed by atoms with van der Waals surface area (Å²) in [5.74, 6) is 0.820. The summed E-state index contributed by atoms with van der Waals surface area (Å²) in [6, 6.07) is 0. The largest absolute Gasteiger partial charge is 0.454 e. The fourth-order valence-corrected chi connectivity index (χ4v) is 1.83. The zero-order valence-electron chi connectivity index (χ0n) is 9.11. The second-order valence-electron chi connectivity index (χ2n) is 3.30. The maximum Gasteiger partial charge on any atom is 0.309 e. The Kier molecular flexibility index (Phi) is 8.52. The molecule has 0 bridgehead atoms. The fraction of sp³-hybridized carbons (Fsp3) is 0.889. The van der Waals surface area contributed by atoms with E-state index in [1.807, 2.05) is 27.7 Å². The SMILES string of the molecule is CC(C)OCSSCOC(=O)C(C)C. The lowest BCUT2D eigenvalue weighted by Gasteiger charge is -2.07. The molecule has 0 aromatic carbocycles. The summed E-state index contributed by atoms with van der Waals surface area (Å²) in [6.45, 7) is 7.62. The molecule has 0 saturated heterocycles. The van der Waals surface area contributed by atoms with Crippen LogP contribution >= 0.6 is 21.6 Å². The predicted octanol–water partition coefficient (Wildman–Crippen LogP) is 2.91. The second-order valence-corrected chi connectivity index (χ2v) is 5.66. The maximum absolute atomic E-state index is 11.0. The lowest BCUT2D eigenvalue weighted by atomic mass is 10.2. The molecule has 3 nitrogen and oxygen atoms in total. The summed E-state index contributed by atoms with van der Waals surface area (Å²) in [7, 11) is 3.04. The Hall–Kier alpha value is 0.130. The molecule has 0 aliphatic heterocycles. The van der Waals surface area contributed by atoms with Crippen LogP contribution in [-0.4, -0.2) is 24.0 Å². The van der Waals surface area contributed by atoms with Crippen molar-refractivity contribution in [1.29, 1.82) is 0 Å². The van der Waals surface area contributed by atoms with Crippen LogP contribution in [0.5, 0.6) is 0 Å². The van der Waals surface area contributed by atoms with Crippen LogP contribution in [0, 0.1) is 5.92 Å². The van der Waals surface area contributed by atoms with Crippen molar-refractivity contribution in [3.8, 4) is 0 Å². The van der Waals surface area contributed by atoms with Crippen LogP contribution in [0.1, 0.15) is 27.7 Å². The molecule has 0 aliphatic carbocycles. The first kappa shape index (κ1) is 14.1. The van der Waals surface area contributed by atoms with Crippen LogP contribution < -0.4 is 0 Å². The van der Waals surface area contributed by atoms with E-state index in [9.17, 15) is 4.79 Å². The molecule has 0 spiro atoms. The number of rotatable bonds is 7. The van der Waals surface area contributed by atoms with Crippen molar-refractivity contribution >= 4 is 27.6 Å². The predicted molar refractivity (Wildman–Crippen MR) is 62.1 cm³/mol. The molecule has 0 aliphatic rings. The van der Waals surface area contributed by atoms with E-state index >= 15 is 0 Å². The van der Waals surface area contributed by atoms with Crippen molar-refractivity contribution in [1.82, 2.24) is 0 Å². The van der Waals surface area contributed by atoms with Crippen LogP contribution in [0.2, 0.25) is 0 Å². The van der Waals surface area contributed by atoms with Gasteiger partial charge in [0.2, 0.25) is 0 Å². The molecule has 0 heterocycles. The van der Waals surface area contributed by atoms with Gasteiger partial charge in [0, 0.05) is 0 Å². The minimum absolute atomic E-state index is 0.0486. The van der Waals surface area contributed by atoms with Crippen LogP contribution in [0.3, 0.4) is 0 Å². The molecule has 0 N–H and O–H groups in total. The van der Waals surface area contributed by atoms with E-state index in [2.05, 4.69) is 0 Å². The van der Waals surface area contributed by atoms with Gasteiger partial charge in [-0.3, -0.25) is 4.79 Å². The highest BCUT2D eigenvalue weighted by molar-refractivity contribution is 8.76. The first-order valence-electron chi connectivity index (χ1n) is 4.56. The van der Waals surface area contributed by atoms with Crippen molar-refractivity contribution in [2.24, 2.45) is 5.92 Å². The number of esters is 1. The summed E-state index contributed by atoms with van der Waals surface area (Å²) >= 11 is 0. The van der Waals surface area contributed by atoms with Gasteiger partial charge in [-0.2, -0.15) is 0 Å². The van der Waals surface area contributed by atoms with E-state index in [0.29, 0.717) is 11.9 Å². The number of carbonyl (C=O) groups excluding carboxylic acids is 1. The van der Waals surface area contributed by atoms with Gasteiger partial charge in [0.15, 0.2) is 0 Å². The Bertz CT molecular complexity index is 160. The van der Waals surface area contributed by atoms with Crippen LogP contribution in [-0.2, 0) is 14.3 Å². The van der Waals surface area contributed by atoms with Crippen LogP contribution in [0.4, 0.5) is 0 Å². The average molecular weight is 238 g/mol. The van der Waals surface area contributed by atoms with Crippen molar-refractivity contribution in [3.05, 3.63) is 0 Å². The van der Waals surface area contributed by atoms with Gasteiger partial charge in [-0.05, 0) is 13.8 Å². The Morgan fingerprint density at radius 1 is 1.14 bits per heavy atom. The monoisotopic (exact) mass is 238 g/mol. The Labute approximate surface area is 93.7 Å². The first-order chi connectivity index (χ1) is 6.54. The fourth-order valence-electron chi connectivity index (χ4n) is 0.481. The lowest BCUT2D eigenvalue weighted by molar-refractivity contribution is -0.144. The van der Waals surface area contributed by atoms with Gasteiger partial charge in [0.05, 0.1) is 12.0 Å². The molecule has 0 unspecified atom stereocenters. The van der Waals surface area contributed by atoms with Gasteiger partial charge in [-0.25, -0.2) is 0 Å². The maximum atomic E-state index is 11.0. The van der Waals surface area contributed by atoms with Gasteiger partial charge in [0.25, 0.3) is 0 Å². The minimum atomic E-state index is -0.150. The number of carbonyl (C=O) groups is 1. The van der Waals surface area contributed by atoms with Crippen molar-refractivity contribution < 1.29 is 14.3 Å². The molecular formula is C9H18O3S2. The molecule has 0 amide bonds. The zero-order chi connectivity index (χ0) is 11.0. The Balaban J connectivity index is 3.18. The minimum Gasteiger partial charge on any atom is -0.454 e. The first-order valence-corrected chi connectivity index (χ1v) is 7.05. The highest BCUT2D eigenvalue weighted by Crippen LogP contribution is 2.21. The zero-order valence-corrected chi connectivity index (χ0v) is 10.7. The van der Waals surface area contributed by atoms with E-state index in [4.69, 9.17) is 9.47 Å². The summed E-state index contributed by atoms with van der Waals surface area (Å²) in [6.07, 6.45) is 0.251. The average Bonchev–Trinajstić information content (AvgIpc) is 2.09. The Morgan fingerprint density at radius 3 is 2.21 bits per heavy atom. The van der Waals surface area contributed by atoms with E-state index in [1.165, 1.54) is 10.8 Å². The number of ether oxygens (including phenoxy) is 2. The van der Waals surface area contributed by atoms with Crippen molar-refractivity contribution in [2.45, 2.75) is 33.8 Å². The third-order valence-corrected chi connectivity index (χ3v) is 2.94. The molecule has 0 saturated carbocycles. The summed E-state index contributed by atoms with van der Waals surface area (Å²) in [5, 5.41) is 0. The highest BCUT2D eigenvalue weighted by atomic mass is 33.1. The molecule has 0 aromatic heterocycles. The number of hydrogen-bond donors (Lipinski definition) is 0. The highest BCUT2D eigenvalue weighted by Gasteiger charge is 2.07. The van der Waals surface area contributed by atoms with Gasteiger partial charge in [0.1, 0.15) is 11.9 Å². The summed E-state index contributed by atoms with van der Waals surface area (Å²) < 4.78 is 10.3. The standard InChI is InChI=1S/C9H18O3S2/c1-7(2)9(10)12-6-14-13-5-11-8(3)4/h7-8H,5-6H2,1-4H3. The third kappa shape index (κ3) is 8.72. The molecule has 0 rings (SSSR count). The van der Waals surface area contributed by atoms with E-state index < -0.39 is 0 Å². The molecule has 14 heavy (non-hydrogen) atoms. The molecule has 0 fully saturated rings. The Morgan fingerprint density at radius 2 is 1.71 bits per heavy atom. The molecule has 84 valence electrons.